The third kappa shape index (κ3) is 1.50. The fraction of sp³-hybridized carbons (Fsp3) is 0.500. The van der Waals surface area contributed by atoms with Gasteiger partial charge in [0.2, 0.25) is 0 Å². The van der Waals surface area contributed by atoms with E-state index >= 15 is 0 Å². The van der Waals surface area contributed by atoms with Crippen LogP contribution in [0.25, 0.3) is 0 Å². The molecule has 15 heavy (non-hydrogen) atoms. The second-order valence-electron chi connectivity index (χ2n) is 4.90. The van der Waals surface area contributed by atoms with Crippen LogP contribution >= 0.6 is 0 Å². The molecule has 3 rings (SSSR count). The van der Waals surface area contributed by atoms with Gasteiger partial charge in [-0.3, -0.25) is 4.79 Å². The fourth-order valence-electron chi connectivity index (χ4n) is 3.19. The van der Waals surface area contributed by atoms with Gasteiger partial charge in [-0.15, -0.1) is 0 Å². The Bertz CT molecular complexity index is 394. The number of carbonyl (C=O) groups excluding carboxylic acids is 1. The molecule has 0 radical (unpaired) electrons. The predicted octanol–water partition coefficient (Wildman–Crippen LogP) is 2.77. The minimum Gasteiger partial charge on any atom is -0.299 e. The molecule has 0 aliphatic heterocycles. The lowest BCUT2D eigenvalue weighted by Crippen LogP contribution is -2.34. The maximum Gasteiger partial charge on any atom is 0.136 e. The SMILES string of the molecule is O=C1CCC[C@H]2Cc3ccccc3C[C@H]12. The highest BCUT2D eigenvalue weighted by atomic mass is 16.1. The van der Waals surface area contributed by atoms with Gasteiger partial charge in [-0.05, 0) is 42.7 Å². The highest BCUT2D eigenvalue weighted by molar-refractivity contribution is 5.82. The van der Waals surface area contributed by atoms with Gasteiger partial charge >= 0.3 is 0 Å². The first kappa shape index (κ1) is 9.14. The van der Waals surface area contributed by atoms with Crippen LogP contribution in [0.3, 0.4) is 0 Å². The summed E-state index contributed by atoms with van der Waals surface area (Å²) in [5.74, 6) is 1.50. The van der Waals surface area contributed by atoms with Crippen LogP contribution in [0.1, 0.15) is 30.4 Å². The molecule has 0 aromatic heterocycles. The first-order valence-electron chi connectivity index (χ1n) is 5.94. The van der Waals surface area contributed by atoms with Crippen molar-refractivity contribution in [2.75, 3.05) is 0 Å². The van der Waals surface area contributed by atoms with E-state index < -0.39 is 0 Å². The molecule has 0 unspecified atom stereocenters. The zero-order valence-electron chi connectivity index (χ0n) is 8.91. The molecule has 0 N–H and O–H groups in total. The van der Waals surface area contributed by atoms with Crippen molar-refractivity contribution in [3.63, 3.8) is 0 Å². The van der Waals surface area contributed by atoms with E-state index in [2.05, 4.69) is 24.3 Å². The van der Waals surface area contributed by atoms with Crippen LogP contribution in [0.2, 0.25) is 0 Å². The van der Waals surface area contributed by atoms with Crippen molar-refractivity contribution >= 4 is 5.78 Å². The van der Waals surface area contributed by atoms with Crippen LogP contribution in [0.5, 0.6) is 0 Å². The number of hydrogen-bond donors (Lipinski definition) is 0. The number of Topliss-reactive ketones (excluding diaryl/α,β-unsaturated/α-hetero) is 1. The lowest BCUT2D eigenvalue weighted by molar-refractivity contribution is -0.126. The summed E-state index contributed by atoms with van der Waals surface area (Å²) in [5, 5.41) is 0. The molecular formula is C14H16O. The monoisotopic (exact) mass is 200 g/mol. The second-order valence-corrected chi connectivity index (χ2v) is 4.90. The van der Waals surface area contributed by atoms with Crippen LogP contribution in [0, 0.1) is 11.8 Å². The third-order valence-electron chi connectivity index (χ3n) is 4.02. The molecule has 1 nitrogen and oxygen atoms in total. The molecule has 1 fully saturated rings. The number of rotatable bonds is 0. The van der Waals surface area contributed by atoms with Gasteiger partial charge < -0.3 is 0 Å². The number of carbonyl (C=O) groups is 1. The molecule has 1 aromatic carbocycles. The van der Waals surface area contributed by atoms with Gasteiger partial charge in [-0.25, -0.2) is 0 Å². The summed E-state index contributed by atoms with van der Waals surface area (Å²) < 4.78 is 0. The molecule has 78 valence electrons. The van der Waals surface area contributed by atoms with E-state index in [4.69, 9.17) is 0 Å². The number of ketones is 1. The van der Waals surface area contributed by atoms with Gasteiger partial charge in [0, 0.05) is 12.3 Å². The molecule has 1 aromatic rings. The first-order chi connectivity index (χ1) is 7.34. The Hall–Kier alpha value is -1.11. The molecule has 2 aliphatic rings. The Kier molecular flexibility index (Phi) is 2.12. The van der Waals surface area contributed by atoms with Crippen molar-refractivity contribution < 1.29 is 4.79 Å². The average Bonchev–Trinajstić information content (AvgIpc) is 2.27. The summed E-state index contributed by atoms with van der Waals surface area (Å²) >= 11 is 0. The lowest BCUT2D eigenvalue weighted by Gasteiger charge is -2.35. The molecule has 1 saturated carbocycles. The molecule has 2 atom stereocenters. The van der Waals surface area contributed by atoms with Crippen molar-refractivity contribution in [1.29, 1.82) is 0 Å². The van der Waals surface area contributed by atoms with Crippen molar-refractivity contribution in [2.45, 2.75) is 32.1 Å². The van der Waals surface area contributed by atoms with Gasteiger partial charge in [-0.1, -0.05) is 24.3 Å². The van der Waals surface area contributed by atoms with Crippen LogP contribution in [0.15, 0.2) is 24.3 Å². The Morgan fingerprint density at radius 2 is 1.80 bits per heavy atom. The molecule has 2 aliphatic carbocycles. The van der Waals surface area contributed by atoms with E-state index in [-0.39, 0.29) is 0 Å². The summed E-state index contributed by atoms with van der Waals surface area (Å²) in [5.41, 5.74) is 2.89. The summed E-state index contributed by atoms with van der Waals surface area (Å²) in [7, 11) is 0. The zero-order chi connectivity index (χ0) is 10.3. The summed E-state index contributed by atoms with van der Waals surface area (Å²) in [6.07, 6.45) is 5.32. The fourth-order valence-corrected chi connectivity index (χ4v) is 3.19. The van der Waals surface area contributed by atoms with Gasteiger partial charge in [0.15, 0.2) is 0 Å². The number of benzene rings is 1. The lowest BCUT2D eigenvalue weighted by atomic mass is 9.68. The van der Waals surface area contributed by atoms with Crippen molar-refractivity contribution in [3.05, 3.63) is 35.4 Å². The van der Waals surface area contributed by atoms with Gasteiger partial charge in [-0.2, -0.15) is 0 Å². The third-order valence-corrected chi connectivity index (χ3v) is 4.02. The maximum absolute atomic E-state index is 11.8. The first-order valence-corrected chi connectivity index (χ1v) is 5.94. The van der Waals surface area contributed by atoms with Crippen LogP contribution < -0.4 is 0 Å². The Balaban J connectivity index is 1.95. The molecule has 0 amide bonds. The number of hydrogen-bond acceptors (Lipinski definition) is 1. The van der Waals surface area contributed by atoms with Crippen LogP contribution in [0.4, 0.5) is 0 Å². The maximum atomic E-state index is 11.8. The Morgan fingerprint density at radius 3 is 2.60 bits per heavy atom. The second kappa shape index (κ2) is 3.48. The van der Waals surface area contributed by atoms with E-state index in [9.17, 15) is 4.79 Å². The number of fused-ring (bicyclic) bond motifs is 2. The standard InChI is InChI=1S/C14H16O/c15-14-7-3-6-12-8-10-4-1-2-5-11(10)9-13(12)14/h1-2,4-5,12-13H,3,6-9H2/t12-,13-/m0/s1. The molecule has 0 saturated heterocycles. The zero-order valence-corrected chi connectivity index (χ0v) is 8.91. The summed E-state index contributed by atoms with van der Waals surface area (Å²) in [6, 6.07) is 8.62. The minimum absolute atomic E-state index is 0.341. The summed E-state index contributed by atoms with van der Waals surface area (Å²) in [4.78, 5) is 11.8. The van der Waals surface area contributed by atoms with Crippen molar-refractivity contribution in [2.24, 2.45) is 11.8 Å². The van der Waals surface area contributed by atoms with Gasteiger partial charge in [0.25, 0.3) is 0 Å². The van der Waals surface area contributed by atoms with E-state index in [1.54, 1.807) is 0 Å². The van der Waals surface area contributed by atoms with Crippen molar-refractivity contribution in [3.8, 4) is 0 Å². The Morgan fingerprint density at radius 1 is 1.07 bits per heavy atom. The molecular weight excluding hydrogens is 184 g/mol. The molecule has 0 bridgehead atoms. The van der Waals surface area contributed by atoms with Gasteiger partial charge in [0.05, 0.1) is 0 Å². The van der Waals surface area contributed by atoms with E-state index in [1.807, 2.05) is 0 Å². The predicted molar refractivity (Wildman–Crippen MR) is 59.7 cm³/mol. The topological polar surface area (TPSA) is 17.1 Å². The summed E-state index contributed by atoms with van der Waals surface area (Å²) in [6.45, 7) is 0. The molecule has 0 spiro atoms. The highest BCUT2D eigenvalue weighted by Crippen LogP contribution is 2.37. The Labute approximate surface area is 90.5 Å². The minimum atomic E-state index is 0.341. The van der Waals surface area contributed by atoms with Crippen LogP contribution in [-0.4, -0.2) is 5.78 Å². The smallest absolute Gasteiger partial charge is 0.136 e. The van der Waals surface area contributed by atoms with Gasteiger partial charge in [0.1, 0.15) is 5.78 Å². The largest absolute Gasteiger partial charge is 0.299 e. The normalized spacial score (nSPS) is 29.5. The van der Waals surface area contributed by atoms with E-state index in [0.717, 1.165) is 25.7 Å². The van der Waals surface area contributed by atoms with Crippen LogP contribution in [-0.2, 0) is 17.6 Å². The molecule has 0 heterocycles. The average molecular weight is 200 g/mol. The quantitative estimate of drug-likeness (QED) is 0.629. The molecule has 1 heteroatoms. The van der Waals surface area contributed by atoms with E-state index in [1.165, 1.54) is 17.5 Å². The highest BCUT2D eigenvalue weighted by Gasteiger charge is 2.35. The van der Waals surface area contributed by atoms with E-state index in [0.29, 0.717) is 17.6 Å². The van der Waals surface area contributed by atoms with Crippen molar-refractivity contribution in [1.82, 2.24) is 0 Å².